The standard InChI is InChI=1S/C12H19NO3/c1-3-4-7-16-12(14)10-13(2)9-11-6-5-8-15-11/h5-6,8H,3-4,7,9-10H2,1-2H3. The second kappa shape index (κ2) is 7.06. The van der Waals surface area contributed by atoms with Gasteiger partial charge >= 0.3 is 5.97 Å². The first kappa shape index (κ1) is 12.8. The van der Waals surface area contributed by atoms with Crippen molar-refractivity contribution in [3.05, 3.63) is 24.2 Å². The third kappa shape index (κ3) is 4.98. The zero-order valence-corrected chi connectivity index (χ0v) is 9.94. The molecular weight excluding hydrogens is 206 g/mol. The lowest BCUT2D eigenvalue weighted by molar-refractivity contribution is -0.144. The zero-order chi connectivity index (χ0) is 11.8. The molecule has 0 atom stereocenters. The number of carbonyl (C=O) groups is 1. The number of likely N-dealkylation sites (N-methyl/N-ethyl adjacent to an activating group) is 1. The quantitative estimate of drug-likeness (QED) is 0.526. The summed E-state index contributed by atoms with van der Waals surface area (Å²) in [6.45, 7) is 3.50. The topological polar surface area (TPSA) is 42.7 Å². The molecule has 1 aromatic heterocycles. The van der Waals surface area contributed by atoms with Gasteiger partial charge in [0.15, 0.2) is 0 Å². The molecule has 0 aromatic carbocycles. The smallest absolute Gasteiger partial charge is 0.320 e. The van der Waals surface area contributed by atoms with E-state index < -0.39 is 0 Å². The third-order valence-electron chi connectivity index (χ3n) is 2.17. The third-order valence-corrected chi connectivity index (χ3v) is 2.17. The monoisotopic (exact) mass is 225 g/mol. The summed E-state index contributed by atoms with van der Waals surface area (Å²) in [6.07, 6.45) is 3.59. The van der Waals surface area contributed by atoms with Crippen LogP contribution in [0.1, 0.15) is 25.5 Å². The summed E-state index contributed by atoms with van der Waals surface area (Å²) in [5.41, 5.74) is 0. The highest BCUT2D eigenvalue weighted by Gasteiger charge is 2.08. The first-order chi connectivity index (χ1) is 7.72. The van der Waals surface area contributed by atoms with Gasteiger partial charge in [-0.25, -0.2) is 0 Å². The molecule has 0 N–H and O–H groups in total. The van der Waals surface area contributed by atoms with E-state index in [2.05, 4.69) is 6.92 Å². The van der Waals surface area contributed by atoms with E-state index in [4.69, 9.17) is 9.15 Å². The maximum Gasteiger partial charge on any atom is 0.320 e. The molecule has 0 aliphatic carbocycles. The molecule has 4 heteroatoms. The maximum atomic E-state index is 11.4. The lowest BCUT2D eigenvalue weighted by Gasteiger charge is -2.13. The van der Waals surface area contributed by atoms with E-state index in [-0.39, 0.29) is 5.97 Å². The van der Waals surface area contributed by atoms with E-state index in [9.17, 15) is 4.79 Å². The van der Waals surface area contributed by atoms with E-state index in [0.717, 1.165) is 18.6 Å². The minimum atomic E-state index is -0.178. The van der Waals surface area contributed by atoms with Gasteiger partial charge in [-0.05, 0) is 25.6 Å². The number of furan rings is 1. The second-order valence-corrected chi connectivity index (χ2v) is 3.83. The highest BCUT2D eigenvalue weighted by molar-refractivity contribution is 5.71. The van der Waals surface area contributed by atoms with Gasteiger partial charge in [0.1, 0.15) is 5.76 Å². The van der Waals surface area contributed by atoms with Crippen LogP contribution in [0, 0.1) is 0 Å². The van der Waals surface area contributed by atoms with Crippen LogP contribution in [0.2, 0.25) is 0 Å². The van der Waals surface area contributed by atoms with Crippen molar-refractivity contribution in [1.82, 2.24) is 4.90 Å². The fourth-order valence-electron chi connectivity index (χ4n) is 1.32. The van der Waals surface area contributed by atoms with Gasteiger partial charge in [0, 0.05) is 0 Å². The fraction of sp³-hybridized carbons (Fsp3) is 0.583. The number of nitrogens with zero attached hydrogens (tertiary/aromatic N) is 1. The van der Waals surface area contributed by atoms with E-state index in [1.807, 2.05) is 24.1 Å². The van der Waals surface area contributed by atoms with Gasteiger partial charge in [0.25, 0.3) is 0 Å². The average molecular weight is 225 g/mol. The average Bonchev–Trinajstić information content (AvgIpc) is 2.70. The van der Waals surface area contributed by atoms with Crippen molar-refractivity contribution in [2.24, 2.45) is 0 Å². The number of hydrogen-bond donors (Lipinski definition) is 0. The number of rotatable bonds is 7. The molecule has 16 heavy (non-hydrogen) atoms. The van der Waals surface area contributed by atoms with Crippen molar-refractivity contribution in [2.75, 3.05) is 20.2 Å². The van der Waals surface area contributed by atoms with Gasteiger partial charge in [-0.1, -0.05) is 13.3 Å². The molecule has 0 aliphatic heterocycles. The first-order valence-corrected chi connectivity index (χ1v) is 5.59. The van der Waals surface area contributed by atoms with Crippen molar-refractivity contribution < 1.29 is 13.9 Å². The van der Waals surface area contributed by atoms with E-state index >= 15 is 0 Å². The molecular formula is C12H19NO3. The fourth-order valence-corrected chi connectivity index (χ4v) is 1.32. The molecule has 0 saturated carbocycles. The van der Waals surface area contributed by atoms with Gasteiger partial charge in [-0.2, -0.15) is 0 Å². The van der Waals surface area contributed by atoms with Gasteiger partial charge < -0.3 is 9.15 Å². The molecule has 0 bridgehead atoms. The summed E-state index contributed by atoms with van der Waals surface area (Å²) in [7, 11) is 1.86. The van der Waals surface area contributed by atoms with Gasteiger partial charge in [-0.15, -0.1) is 0 Å². The Kier molecular flexibility index (Phi) is 5.64. The highest BCUT2D eigenvalue weighted by atomic mass is 16.5. The number of unbranched alkanes of at least 4 members (excludes halogenated alkanes) is 1. The zero-order valence-electron chi connectivity index (χ0n) is 9.94. The molecule has 1 aromatic rings. The van der Waals surface area contributed by atoms with E-state index in [1.165, 1.54) is 0 Å². The Morgan fingerprint density at radius 3 is 3.00 bits per heavy atom. The molecule has 0 spiro atoms. The predicted octanol–water partition coefficient (Wildman–Crippen LogP) is 2.05. The van der Waals surface area contributed by atoms with Crippen LogP contribution in [0.3, 0.4) is 0 Å². The first-order valence-electron chi connectivity index (χ1n) is 5.59. The van der Waals surface area contributed by atoms with Gasteiger partial charge in [-0.3, -0.25) is 9.69 Å². The second-order valence-electron chi connectivity index (χ2n) is 3.83. The minimum Gasteiger partial charge on any atom is -0.468 e. The Labute approximate surface area is 96.2 Å². The van der Waals surface area contributed by atoms with Crippen LogP contribution in [0.25, 0.3) is 0 Å². The molecule has 0 fully saturated rings. The molecule has 90 valence electrons. The van der Waals surface area contributed by atoms with Gasteiger partial charge in [0.05, 0.1) is 26.0 Å². The predicted molar refractivity (Wildman–Crippen MR) is 60.9 cm³/mol. The van der Waals surface area contributed by atoms with Crippen molar-refractivity contribution in [2.45, 2.75) is 26.3 Å². The number of ether oxygens (including phenoxy) is 1. The van der Waals surface area contributed by atoms with Crippen LogP contribution < -0.4 is 0 Å². The van der Waals surface area contributed by atoms with Crippen LogP contribution in [0.5, 0.6) is 0 Å². The Morgan fingerprint density at radius 1 is 1.56 bits per heavy atom. The van der Waals surface area contributed by atoms with Crippen molar-refractivity contribution in [3.63, 3.8) is 0 Å². The largest absolute Gasteiger partial charge is 0.468 e. The molecule has 1 rings (SSSR count). The Hall–Kier alpha value is -1.29. The van der Waals surface area contributed by atoms with E-state index in [0.29, 0.717) is 19.7 Å². The van der Waals surface area contributed by atoms with Gasteiger partial charge in [0.2, 0.25) is 0 Å². The Balaban J connectivity index is 2.18. The lowest BCUT2D eigenvalue weighted by Crippen LogP contribution is -2.27. The van der Waals surface area contributed by atoms with Crippen LogP contribution in [-0.4, -0.2) is 31.1 Å². The highest BCUT2D eigenvalue weighted by Crippen LogP contribution is 2.03. The van der Waals surface area contributed by atoms with Crippen LogP contribution in [0.15, 0.2) is 22.8 Å². The van der Waals surface area contributed by atoms with Crippen molar-refractivity contribution >= 4 is 5.97 Å². The molecule has 1 heterocycles. The van der Waals surface area contributed by atoms with Crippen LogP contribution in [0.4, 0.5) is 0 Å². The lowest BCUT2D eigenvalue weighted by atomic mass is 10.4. The summed E-state index contributed by atoms with van der Waals surface area (Å²) in [4.78, 5) is 13.2. The SMILES string of the molecule is CCCCOC(=O)CN(C)Cc1ccco1. The Morgan fingerprint density at radius 2 is 2.38 bits per heavy atom. The molecule has 0 amide bonds. The molecule has 4 nitrogen and oxygen atoms in total. The molecule has 0 unspecified atom stereocenters. The number of hydrogen-bond acceptors (Lipinski definition) is 4. The molecule has 0 aliphatic rings. The summed E-state index contributed by atoms with van der Waals surface area (Å²) < 4.78 is 10.3. The summed E-state index contributed by atoms with van der Waals surface area (Å²) in [5, 5.41) is 0. The summed E-state index contributed by atoms with van der Waals surface area (Å²) >= 11 is 0. The number of esters is 1. The van der Waals surface area contributed by atoms with Crippen molar-refractivity contribution in [3.8, 4) is 0 Å². The summed E-state index contributed by atoms with van der Waals surface area (Å²) in [5.74, 6) is 0.673. The van der Waals surface area contributed by atoms with Crippen molar-refractivity contribution in [1.29, 1.82) is 0 Å². The Bertz CT molecular complexity index is 295. The summed E-state index contributed by atoms with van der Waals surface area (Å²) in [6, 6.07) is 3.72. The normalized spacial score (nSPS) is 10.7. The maximum absolute atomic E-state index is 11.4. The minimum absolute atomic E-state index is 0.178. The molecule has 0 radical (unpaired) electrons. The van der Waals surface area contributed by atoms with Crippen LogP contribution in [-0.2, 0) is 16.1 Å². The molecule has 0 saturated heterocycles. The van der Waals surface area contributed by atoms with Crippen LogP contribution >= 0.6 is 0 Å². The number of carbonyl (C=O) groups excluding carboxylic acids is 1. The van der Waals surface area contributed by atoms with E-state index in [1.54, 1.807) is 6.26 Å².